The lowest BCUT2D eigenvalue weighted by Crippen LogP contribution is -2.48. The van der Waals surface area contributed by atoms with E-state index in [4.69, 9.17) is 25.8 Å². The largest absolute Gasteiger partial charge is 0.486 e. The first-order chi connectivity index (χ1) is 14.5. The summed E-state index contributed by atoms with van der Waals surface area (Å²) in [5, 5.41) is 0.379. The zero-order valence-electron chi connectivity index (χ0n) is 16.3. The lowest BCUT2D eigenvalue weighted by Gasteiger charge is -2.33. The van der Waals surface area contributed by atoms with Crippen molar-refractivity contribution in [3.8, 4) is 11.5 Å². The van der Waals surface area contributed by atoms with Gasteiger partial charge in [-0.15, -0.1) is 0 Å². The molecule has 0 amide bonds. The molecule has 1 atom stereocenters. The number of hydrogen-bond acceptors (Lipinski definition) is 6. The smallest absolute Gasteiger partial charge is 0.324 e. The van der Waals surface area contributed by atoms with Crippen LogP contribution in [0.15, 0.2) is 47.4 Å². The van der Waals surface area contributed by atoms with Gasteiger partial charge in [-0.1, -0.05) is 29.8 Å². The Kier molecular flexibility index (Phi) is 6.17. The van der Waals surface area contributed by atoms with Crippen LogP contribution in [-0.4, -0.2) is 44.5 Å². The number of carbonyl (C=O) groups excluding carboxylic acids is 1. The predicted molar refractivity (Wildman–Crippen MR) is 110 cm³/mol. The Morgan fingerprint density at radius 2 is 1.90 bits per heavy atom. The first-order valence-corrected chi connectivity index (χ1v) is 11.6. The molecule has 1 saturated heterocycles. The molecular formula is C21H22ClNO6S. The predicted octanol–water partition coefficient (Wildman–Crippen LogP) is 3.40. The normalized spacial score (nSPS) is 19.3. The third-order valence-electron chi connectivity index (χ3n) is 5.11. The maximum absolute atomic E-state index is 13.1. The third kappa shape index (κ3) is 4.26. The van der Waals surface area contributed by atoms with Crippen molar-refractivity contribution in [2.45, 2.75) is 36.8 Å². The van der Waals surface area contributed by atoms with E-state index in [1.807, 2.05) is 0 Å². The molecule has 7 nitrogen and oxygen atoms in total. The molecule has 2 aromatic rings. The van der Waals surface area contributed by atoms with Crippen LogP contribution in [-0.2, 0) is 26.2 Å². The van der Waals surface area contributed by atoms with E-state index in [2.05, 4.69) is 0 Å². The molecule has 0 spiro atoms. The summed E-state index contributed by atoms with van der Waals surface area (Å²) in [6.45, 7) is 1.09. The fourth-order valence-electron chi connectivity index (χ4n) is 3.65. The van der Waals surface area contributed by atoms with Crippen molar-refractivity contribution < 1.29 is 27.4 Å². The molecule has 9 heteroatoms. The van der Waals surface area contributed by atoms with Gasteiger partial charge in [0.15, 0.2) is 11.5 Å². The van der Waals surface area contributed by atoms with Gasteiger partial charge in [-0.2, -0.15) is 4.31 Å². The minimum Gasteiger partial charge on any atom is -0.486 e. The number of fused-ring (bicyclic) bond motifs is 1. The van der Waals surface area contributed by atoms with Gasteiger partial charge in [-0.25, -0.2) is 8.42 Å². The van der Waals surface area contributed by atoms with E-state index in [1.165, 1.54) is 16.4 Å². The summed E-state index contributed by atoms with van der Waals surface area (Å²) in [4.78, 5) is 13.0. The van der Waals surface area contributed by atoms with Crippen LogP contribution in [0.1, 0.15) is 24.8 Å². The molecule has 2 aromatic carbocycles. The van der Waals surface area contributed by atoms with E-state index in [1.54, 1.807) is 30.3 Å². The van der Waals surface area contributed by atoms with Crippen LogP contribution in [0.2, 0.25) is 5.02 Å². The highest BCUT2D eigenvalue weighted by molar-refractivity contribution is 7.89. The number of nitrogens with zero attached hydrogens (tertiary/aromatic N) is 1. The van der Waals surface area contributed by atoms with E-state index < -0.39 is 22.0 Å². The van der Waals surface area contributed by atoms with Crippen LogP contribution in [0.3, 0.4) is 0 Å². The number of esters is 1. The van der Waals surface area contributed by atoms with Crippen molar-refractivity contribution in [3.05, 3.63) is 53.1 Å². The van der Waals surface area contributed by atoms with E-state index in [0.717, 1.165) is 6.42 Å². The number of rotatable bonds is 5. The molecule has 2 aliphatic heterocycles. The molecule has 4 rings (SSSR count). The molecule has 0 saturated carbocycles. The standard InChI is InChI=1S/C21H22ClNO6S/c22-17-12-15(13-19-20(17)28-11-10-27-19)14-29-21(24)18-8-4-5-9-23(18)30(25,26)16-6-2-1-3-7-16/h1-3,6-7,12-13,18H,4-5,8-11,14H2. The van der Waals surface area contributed by atoms with Crippen LogP contribution >= 0.6 is 11.6 Å². The molecule has 0 radical (unpaired) electrons. The molecule has 2 aliphatic rings. The molecule has 1 fully saturated rings. The maximum Gasteiger partial charge on any atom is 0.324 e. The van der Waals surface area contributed by atoms with Crippen LogP contribution in [0.25, 0.3) is 0 Å². The van der Waals surface area contributed by atoms with Gasteiger partial charge < -0.3 is 14.2 Å². The Hall–Kier alpha value is -2.29. The van der Waals surface area contributed by atoms with Gasteiger partial charge in [-0.05, 0) is 49.1 Å². The SMILES string of the molecule is O=C(OCc1cc(Cl)c2c(c1)OCCO2)C1CCCCN1S(=O)(=O)c1ccccc1. The summed E-state index contributed by atoms with van der Waals surface area (Å²) < 4.78 is 43.9. The summed E-state index contributed by atoms with van der Waals surface area (Å²) in [5.41, 5.74) is 0.644. The maximum atomic E-state index is 13.1. The first kappa shape index (κ1) is 21.0. The lowest BCUT2D eigenvalue weighted by atomic mass is 10.1. The highest BCUT2D eigenvalue weighted by Gasteiger charge is 2.38. The second kappa shape index (κ2) is 8.83. The fourth-order valence-corrected chi connectivity index (χ4v) is 5.61. The number of halogens is 1. The van der Waals surface area contributed by atoms with Gasteiger partial charge in [0.05, 0.1) is 9.92 Å². The molecule has 0 aromatic heterocycles. The van der Waals surface area contributed by atoms with E-state index in [-0.39, 0.29) is 18.0 Å². The van der Waals surface area contributed by atoms with Crippen LogP contribution in [0, 0.1) is 0 Å². The van der Waals surface area contributed by atoms with E-state index in [0.29, 0.717) is 48.1 Å². The summed E-state index contributed by atoms with van der Waals surface area (Å²) in [5.74, 6) is 0.413. The average Bonchev–Trinajstić information content (AvgIpc) is 2.78. The van der Waals surface area contributed by atoms with Gasteiger partial charge in [0.2, 0.25) is 10.0 Å². The summed E-state index contributed by atoms with van der Waals surface area (Å²) in [6, 6.07) is 10.7. The zero-order chi connectivity index (χ0) is 21.1. The Bertz CT molecular complexity index is 1030. The molecule has 30 heavy (non-hydrogen) atoms. The van der Waals surface area contributed by atoms with Gasteiger partial charge in [0.25, 0.3) is 0 Å². The number of benzene rings is 2. The number of sulfonamides is 1. The average molecular weight is 452 g/mol. The molecule has 160 valence electrons. The Morgan fingerprint density at radius 1 is 1.13 bits per heavy atom. The van der Waals surface area contributed by atoms with Crippen molar-refractivity contribution in [1.29, 1.82) is 0 Å². The summed E-state index contributed by atoms with van der Waals surface area (Å²) in [6.07, 6.45) is 1.89. The number of ether oxygens (including phenoxy) is 3. The quantitative estimate of drug-likeness (QED) is 0.648. The molecule has 0 bridgehead atoms. The van der Waals surface area contributed by atoms with Gasteiger partial charge in [-0.3, -0.25) is 4.79 Å². The molecule has 2 heterocycles. The third-order valence-corrected chi connectivity index (χ3v) is 7.32. The second-order valence-electron chi connectivity index (χ2n) is 7.15. The fraction of sp³-hybridized carbons (Fsp3) is 0.381. The highest BCUT2D eigenvalue weighted by Crippen LogP contribution is 2.38. The van der Waals surface area contributed by atoms with Crippen molar-refractivity contribution in [2.75, 3.05) is 19.8 Å². The lowest BCUT2D eigenvalue weighted by molar-refractivity contribution is -0.150. The van der Waals surface area contributed by atoms with Crippen LogP contribution in [0.5, 0.6) is 11.5 Å². The molecular weight excluding hydrogens is 430 g/mol. The Balaban J connectivity index is 1.49. The molecule has 0 aliphatic carbocycles. The van der Waals surface area contributed by atoms with Gasteiger partial charge in [0.1, 0.15) is 25.9 Å². The minimum absolute atomic E-state index is 0.0368. The topological polar surface area (TPSA) is 82.1 Å². The number of hydrogen-bond donors (Lipinski definition) is 0. The zero-order valence-corrected chi connectivity index (χ0v) is 17.8. The second-order valence-corrected chi connectivity index (χ2v) is 9.45. The summed E-state index contributed by atoms with van der Waals surface area (Å²) >= 11 is 6.23. The molecule has 0 N–H and O–H groups in total. The van der Waals surface area contributed by atoms with Crippen molar-refractivity contribution in [1.82, 2.24) is 4.31 Å². The van der Waals surface area contributed by atoms with Crippen molar-refractivity contribution in [2.24, 2.45) is 0 Å². The van der Waals surface area contributed by atoms with Gasteiger partial charge in [0, 0.05) is 6.54 Å². The van der Waals surface area contributed by atoms with Gasteiger partial charge >= 0.3 is 5.97 Å². The molecule has 1 unspecified atom stereocenters. The summed E-state index contributed by atoms with van der Waals surface area (Å²) in [7, 11) is -3.78. The van der Waals surface area contributed by atoms with E-state index in [9.17, 15) is 13.2 Å². The Morgan fingerprint density at radius 3 is 2.70 bits per heavy atom. The number of piperidine rings is 1. The monoisotopic (exact) mass is 451 g/mol. The van der Waals surface area contributed by atoms with Crippen molar-refractivity contribution in [3.63, 3.8) is 0 Å². The van der Waals surface area contributed by atoms with Crippen LogP contribution < -0.4 is 9.47 Å². The highest BCUT2D eigenvalue weighted by atomic mass is 35.5. The minimum atomic E-state index is -3.78. The van der Waals surface area contributed by atoms with E-state index >= 15 is 0 Å². The van der Waals surface area contributed by atoms with Crippen molar-refractivity contribution >= 4 is 27.6 Å². The van der Waals surface area contributed by atoms with Crippen LogP contribution in [0.4, 0.5) is 0 Å². The first-order valence-electron chi connectivity index (χ1n) is 9.78. The Labute approximate surface area is 180 Å². The number of carbonyl (C=O) groups is 1.